The minimum absolute atomic E-state index is 0.913. The van der Waals surface area contributed by atoms with Crippen LogP contribution in [0.15, 0.2) is 30.3 Å². The van der Waals surface area contributed by atoms with Crippen LogP contribution < -0.4 is 0 Å². The molecule has 0 heterocycles. The highest BCUT2D eigenvalue weighted by Crippen LogP contribution is 2.09. The van der Waals surface area contributed by atoms with E-state index in [0.717, 1.165) is 16.1 Å². The number of carboxylic acids is 1. The molecule has 0 aliphatic heterocycles. The van der Waals surface area contributed by atoms with Gasteiger partial charge in [0, 0.05) is 10.5 Å². The molecule has 2 nitrogen and oxygen atoms in total. The highest BCUT2D eigenvalue weighted by molar-refractivity contribution is 14.1. The van der Waals surface area contributed by atoms with Gasteiger partial charge in [0.1, 0.15) is 0 Å². The summed E-state index contributed by atoms with van der Waals surface area (Å²) in [4.78, 5) is 10.2. The Hall–Kier alpha value is -0.840. The fourth-order valence-corrected chi connectivity index (χ4v) is 1.39. The molecular formula is C10H9IO2. The predicted molar refractivity (Wildman–Crippen MR) is 60.8 cm³/mol. The minimum Gasteiger partial charge on any atom is -0.478 e. The van der Waals surface area contributed by atoms with Gasteiger partial charge >= 0.3 is 5.97 Å². The standard InChI is InChI=1S/C10H9IO2/c11-7-9-3-1-8(2-4-9)5-6-10(12)13/h1-6H,7H2,(H,12,13). The van der Waals surface area contributed by atoms with E-state index in [2.05, 4.69) is 22.6 Å². The molecule has 0 aliphatic carbocycles. The molecule has 0 amide bonds. The third kappa shape index (κ3) is 3.59. The van der Waals surface area contributed by atoms with E-state index in [1.807, 2.05) is 24.3 Å². The lowest BCUT2D eigenvalue weighted by Gasteiger charge is -1.95. The summed E-state index contributed by atoms with van der Waals surface area (Å²) in [6.45, 7) is 0. The summed E-state index contributed by atoms with van der Waals surface area (Å²) in [6, 6.07) is 7.81. The molecule has 13 heavy (non-hydrogen) atoms. The van der Waals surface area contributed by atoms with Crippen LogP contribution in [0.4, 0.5) is 0 Å². The second kappa shape index (κ2) is 5.01. The van der Waals surface area contributed by atoms with E-state index in [0.29, 0.717) is 0 Å². The number of halogens is 1. The van der Waals surface area contributed by atoms with Crippen LogP contribution >= 0.6 is 22.6 Å². The maximum Gasteiger partial charge on any atom is 0.328 e. The lowest BCUT2D eigenvalue weighted by Crippen LogP contribution is -1.85. The Morgan fingerprint density at radius 2 is 2.00 bits per heavy atom. The Labute approximate surface area is 90.4 Å². The largest absolute Gasteiger partial charge is 0.478 e. The second-order valence-electron chi connectivity index (χ2n) is 2.55. The molecule has 68 valence electrons. The van der Waals surface area contributed by atoms with Crippen molar-refractivity contribution in [1.82, 2.24) is 0 Å². The first-order valence-corrected chi connectivity index (χ1v) is 5.31. The van der Waals surface area contributed by atoms with Crippen molar-refractivity contribution < 1.29 is 9.90 Å². The van der Waals surface area contributed by atoms with Crippen LogP contribution in [0, 0.1) is 0 Å². The molecule has 0 unspecified atom stereocenters. The summed E-state index contributed by atoms with van der Waals surface area (Å²) in [7, 11) is 0. The minimum atomic E-state index is -0.919. The van der Waals surface area contributed by atoms with E-state index >= 15 is 0 Å². The first kappa shape index (κ1) is 10.2. The molecule has 0 bridgehead atoms. The van der Waals surface area contributed by atoms with Crippen molar-refractivity contribution in [3.8, 4) is 0 Å². The Bertz CT molecular complexity index is 314. The number of carboxylic acid groups (broad SMARTS) is 1. The normalized spacial score (nSPS) is 10.5. The maximum absolute atomic E-state index is 10.2. The van der Waals surface area contributed by atoms with Gasteiger partial charge in [0.25, 0.3) is 0 Å². The number of hydrogen-bond donors (Lipinski definition) is 1. The molecule has 3 heteroatoms. The third-order valence-electron chi connectivity index (χ3n) is 1.55. The van der Waals surface area contributed by atoms with Gasteiger partial charge in [-0.1, -0.05) is 46.9 Å². The Morgan fingerprint density at radius 3 is 2.46 bits per heavy atom. The molecule has 0 aromatic heterocycles. The summed E-state index contributed by atoms with van der Waals surface area (Å²) in [5.74, 6) is -0.919. The molecule has 0 spiro atoms. The number of rotatable bonds is 3. The first-order chi connectivity index (χ1) is 6.22. The summed E-state index contributed by atoms with van der Waals surface area (Å²) in [6.07, 6.45) is 2.72. The average Bonchev–Trinajstić information content (AvgIpc) is 2.15. The highest BCUT2D eigenvalue weighted by atomic mass is 127. The van der Waals surface area contributed by atoms with Gasteiger partial charge in [0.05, 0.1) is 0 Å². The number of benzene rings is 1. The van der Waals surface area contributed by atoms with Crippen molar-refractivity contribution in [2.24, 2.45) is 0 Å². The van der Waals surface area contributed by atoms with Crippen LogP contribution in [0.5, 0.6) is 0 Å². The van der Waals surface area contributed by atoms with Gasteiger partial charge in [-0.25, -0.2) is 4.79 Å². The zero-order valence-corrected chi connectivity index (χ0v) is 9.06. The van der Waals surface area contributed by atoms with Crippen molar-refractivity contribution in [3.05, 3.63) is 41.5 Å². The van der Waals surface area contributed by atoms with Crippen molar-refractivity contribution >= 4 is 34.6 Å². The van der Waals surface area contributed by atoms with E-state index in [-0.39, 0.29) is 0 Å². The lowest BCUT2D eigenvalue weighted by molar-refractivity contribution is -0.131. The van der Waals surface area contributed by atoms with Crippen LogP contribution in [-0.4, -0.2) is 11.1 Å². The Morgan fingerprint density at radius 1 is 1.38 bits per heavy atom. The zero-order chi connectivity index (χ0) is 9.68. The van der Waals surface area contributed by atoms with E-state index < -0.39 is 5.97 Å². The summed E-state index contributed by atoms with van der Waals surface area (Å²) >= 11 is 2.28. The molecule has 0 aliphatic rings. The van der Waals surface area contributed by atoms with Crippen molar-refractivity contribution in [3.63, 3.8) is 0 Å². The van der Waals surface area contributed by atoms with Crippen LogP contribution in [0.1, 0.15) is 11.1 Å². The van der Waals surface area contributed by atoms with Crippen LogP contribution in [0.2, 0.25) is 0 Å². The number of carbonyl (C=O) groups is 1. The zero-order valence-electron chi connectivity index (χ0n) is 6.90. The van der Waals surface area contributed by atoms with Gasteiger partial charge in [0.2, 0.25) is 0 Å². The van der Waals surface area contributed by atoms with Gasteiger partial charge in [-0.15, -0.1) is 0 Å². The van der Waals surface area contributed by atoms with E-state index in [1.54, 1.807) is 6.08 Å². The van der Waals surface area contributed by atoms with Crippen molar-refractivity contribution in [2.75, 3.05) is 0 Å². The van der Waals surface area contributed by atoms with E-state index in [4.69, 9.17) is 5.11 Å². The number of aliphatic carboxylic acids is 1. The smallest absolute Gasteiger partial charge is 0.328 e. The molecular weight excluding hydrogens is 279 g/mol. The first-order valence-electron chi connectivity index (χ1n) is 3.78. The third-order valence-corrected chi connectivity index (χ3v) is 2.43. The van der Waals surface area contributed by atoms with Crippen molar-refractivity contribution in [2.45, 2.75) is 4.43 Å². The molecule has 1 aromatic rings. The van der Waals surface area contributed by atoms with Gasteiger partial charge in [-0.2, -0.15) is 0 Å². The summed E-state index contributed by atoms with van der Waals surface area (Å²) < 4.78 is 0.973. The topological polar surface area (TPSA) is 37.3 Å². The van der Waals surface area contributed by atoms with Gasteiger partial charge in [-0.3, -0.25) is 0 Å². The molecule has 0 atom stereocenters. The molecule has 1 N–H and O–H groups in total. The van der Waals surface area contributed by atoms with Gasteiger partial charge in [0.15, 0.2) is 0 Å². The maximum atomic E-state index is 10.2. The fraction of sp³-hybridized carbons (Fsp3) is 0.100. The van der Waals surface area contributed by atoms with Gasteiger partial charge < -0.3 is 5.11 Å². The summed E-state index contributed by atoms with van der Waals surface area (Å²) in [5.41, 5.74) is 2.16. The fourth-order valence-electron chi connectivity index (χ4n) is 0.885. The molecule has 0 saturated carbocycles. The lowest BCUT2D eigenvalue weighted by atomic mass is 10.1. The summed E-state index contributed by atoms with van der Waals surface area (Å²) in [5, 5.41) is 8.39. The monoisotopic (exact) mass is 288 g/mol. The molecule has 1 rings (SSSR count). The van der Waals surface area contributed by atoms with Gasteiger partial charge in [-0.05, 0) is 17.2 Å². The Kier molecular flexibility index (Phi) is 3.95. The SMILES string of the molecule is O=C(O)C=Cc1ccc(CI)cc1. The van der Waals surface area contributed by atoms with E-state index in [9.17, 15) is 4.79 Å². The highest BCUT2D eigenvalue weighted by Gasteiger charge is 1.90. The predicted octanol–water partition coefficient (Wildman–Crippen LogP) is 2.72. The van der Waals surface area contributed by atoms with E-state index in [1.165, 1.54) is 5.56 Å². The van der Waals surface area contributed by atoms with Crippen LogP contribution in [0.25, 0.3) is 6.08 Å². The van der Waals surface area contributed by atoms with Crippen LogP contribution in [-0.2, 0) is 9.22 Å². The molecule has 1 aromatic carbocycles. The molecule has 0 saturated heterocycles. The average molecular weight is 288 g/mol. The molecule has 0 fully saturated rings. The van der Waals surface area contributed by atoms with Crippen LogP contribution in [0.3, 0.4) is 0 Å². The Balaban J connectivity index is 2.75. The molecule has 0 radical (unpaired) electrons. The second-order valence-corrected chi connectivity index (χ2v) is 3.31. The number of hydrogen-bond acceptors (Lipinski definition) is 1. The number of alkyl halides is 1. The quantitative estimate of drug-likeness (QED) is 0.527. The van der Waals surface area contributed by atoms with Crippen molar-refractivity contribution in [1.29, 1.82) is 0 Å².